The molecular weight excluding hydrogens is 234 g/mol. The third-order valence-electron chi connectivity index (χ3n) is 3.23. The summed E-state index contributed by atoms with van der Waals surface area (Å²) in [6, 6.07) is 0. The van der Waals surface area contributed by atoms with E-state index in [0.29, 0.717) is 18.8 Å². The molecule has 0 aromatic carbocycles. The molecule has 2 rings (SSSR count). The van der Waals surface area contributed by atoms with Crippen molar-refractivity contribution in [2.24, 2.45) is 0 Å². The Bertz CT molecular complexity index is 405. The van der Waals surface area contributed by atoms with E-state index in [1.165, 1.54) is 0 Å². The number of nitrogens with zero attached hydrogens (tertiary/aromatic N) is 3. The molecule has 1 aliphatic heterocycles. The zero-order chi connectivity index (χ0) is 13.0. The Morgan fingerprint density at radius 2 is 2.28 bits per heavy atom. The highest BCUT2D eigenvalue weighted by Gasteiger charge is 2.23. The average Bonchev–Trinajstić information content (AvgIpc) is 2.64. The zero-order valence-corrected chi connectivity index (χ0v) is 10.6. The summed E-state index contributed by atoms with van der Waals surface area (Å²) >= 11 is 0. The Morgan fingerprint density at radius 3 is 2.94 bits per heavy atom. The van der Waals surface area contributed by atoms with Crippen LogP contribution in [0.15, 0.2) is 10.7 Å². The molecule has 0 atom stereocenters. The van der Waals surface area contributed by atoms with Crippen LogP contribution >= 0.6 is 0 Å². The number of rotatable bonds is 3. The van der Waals surface area contributed by atoms with Gasteiger partial charge >= 0.3 is 0 Å². The van der Waals surface area contributed by atoms with Gasteiger partial charge in [0.2, 0.25) is 5.76 Å². The van der Waals surface area contributed by atoms with Gasteiger partial charge in [0.1, 0.15) is 0 Å². The summed E-state index contributed by atoms with van der Waals surface area (Å²) in [6.45, 7) is 5.75. The molecule has 0 unspecified atom stereocenters. The van der Waals surface area contributed by atoms with Crippen LogP contribution in [0, 0.1) is 6.92 Å². The Balaban J connectivity index is 1.98. The van der Waals surface area contributed by atoms with Crippen molar-refractivity contribution in [2.45, 2.75) is 13.3 Å². The van der Waals surface area contributed by atoms with E-state index in [2.05, 4.69) is 10.1 Å². The van der Waals surface area contributed by atoms with Crippen molar-refractivity contribution in [1.82, 2.24) is 15.0 Å². The standard InChI is InChI=1S/C12H19N3O3/c1-10-9-13-18-11(10)12(17)15-4-2-3-14(5-6-15)7-8-16/h9,16H,2-8H2,1H3. The number of aliphatic hydroxyl groups is 1. The van der Waals surface area contributed by atoms with Crippen LogP contribution in [0.1, 0.15) is 22.5 Å². The molecule has 1 saturated heterocycles. The molecule has 18 heavy (non-hydrogen) atoms. The van der Waals surface area contributed by atoms with E-state index in [0.717, 1.165) is 31.6 Å². The van der Waals surface area contributed by atoms with Gasteiger partial charge in [-0.15, -0.1) is 0 Å². The fourth-order valence-electron chi connectivity index (χ4n) is 2.18. The molecule has 1 aromatic heterocycles. The van der Waals surface area contributed by atoms with Gasteiger partial charge in [-0.25, -0.2) is 0 Å². The normalized spacial score (nSPS) is 17.8. The molecule has 6 nitrogen and oxygen atoms in total. The SMILES string of the molecule is Cc1cnoc1C(=O)N1CCCN(CCO)CC1. The monoisotopic (exact) mass is 253 g/mol. The van der Waals surface area contributed by atoms with E-state index >= 15 is 0 Å². The van der Waals surface area contributed by atoms with Gasteiger partial charge in [0, 0.05) is 31.7 Å². The first kappa shape index (κ1) is 13.0. The minimum Gasteiger partial charge on any atom is -0.395 e. The van der Waals surface area contributed by atoms with E-state index in [1.807, 2.05) is 6.92 Å². The van der Waals surface area contributed by atoms with Crippen molar-refractivity contribution in [2.75, 3.05) is 39.3 Å². The highest BCUT2D eigenvalue weighted by atomic mass is 16.5. The fraction of sp³-hybridized carbons (Fsp3) is 0.667. The lowest BCUT2D eigenvalue weighted by atomic mass is 10.2. The lowest BCUT2D eigenvalue weighted by Gasteiger charge is -2.20. The van der Waals surface area contributed by atoms with Gasteiger partial charge < -0.3 is 14.5 Å². The number of carbonyl (C=O) groups is 1. The summed E-state index contributed by atoms with van der Waals surface area (Å²) < 4.78 is 5.00. The van der Waals surface area contributed by atoms with Crippen LogP contribution in [-0.2, 0) is 0 Å². The van der Waals surface area contributed by atoms with Crippen molar-refractivity contribution in [1.29, 1.82) is 0 Å². The van der Waals surface area contributed by atoms with Gasteiger partial charge in [-0.05, 0) is 19.9 Å². The maximum absolute atomic E-state index is 12.2. The van der Waals surface area contributed by atoms with Crippen molar-refractivity contribution in [3.63, 3.8) is 0 Å². The predicted octanol–water partition coefficient (Wildman–Crippen LogP) is 0.123. The molecule has 1 N–H and O–H groups in total. The highest BCUT2D eigenvalue weighted by molar-refractivity contribution is 5.92. The molecule has 0 spiro atoms. The van der Waals surface area contributed by atoms with Crippen molar-refractivity contribution in [3.8, 4) is 0 Å². The molecule has 0 aliphatic carbocycles. The third-order valence-corrected chi connectivity index (χ3v) is 3.23. The average molecular weight is 253 g/mol. The van der Waals surface area contributed by atoms with Crippen LogP contribution in [0.25, 0.3) is 0 Å². The Kier molecular flexibility index (Phi) is 4.33. The molecule has 0 saturated carbocycles. The molecule has 1 fully saturated rings. The number of carbonyl (C=O) groups excluding carboxylic acids is 1. The maximum Gasteiger partial charge on any atom is 0.292 e. The summed E-state index contributed by atoms with van der Waals surface area (Å²) in [6.07, 6.45) is 2.47. The molecule has 1 aliphatic rings. The Labute approximate surface area is 106 Å². The predicted molar refractivity (Wildman–Crippen MR) is 65.3 cm³/mol. The Morgan fingerprint density at radius 1 is 1.44 bits per heavy atom. The van der Waals surface area contributed by atoms with Crippen LogP contribution in [0.5, 0.6) is 0 Å². The summed E-state index contributed by atoms with van der Waals surface area (Å²) in [5.74, 6) is 0.251. The topological polar surface area (TPSA) is 69.8 Å². The van der Waals surface area contributed by atoms with Crippen molar-refractivity contribution in [3.05, 3.63) is 17.5 Å². The van der Waals surface area contributed by atoms with Crippen molar-refractivity contribution < 1.29 is 14.4 Å². The van der Waals surface area contributed by atoms with Crippen LogP contribution in [-0.4, -0.2) is 65.3 Å². The molecule has 100 valence electrons. The summed E-state index contributed by atoms with van der Waals surface area (Å²) in [5, 5.41) is 12.6. The highest BCUT2D eigenvalue weighted by Crippen LogP contribution is 2.12. The first-order valence-electron chi connectivity index (χ1n) is 6.26. The molecular formula is C12H19N3O3. The summed E-state index contributed by atoms with van der Waals surface area (Å²) in [7, 11) is 0. The van der Waals surface area contributed by atoms with E-state index < -0.39 is 0 Å². The van der Waals surface area contributed by atoms with E-state index in [1.54, 1.807) is 11.1 Å². The number of hydrogen-bond acceptors (Lipinski definition) is 5. The largest absolute Gasteiger partial charge is 0.395 e. The van der Waals surface area contributed by atoms with Gasteiger partial charge in [0.25, 0.3) is 5.91 Å². The first-order chi connectivity index (χ1) is 8.72. The van der Waals surface area contributed by atoms with Gasteiger partial charge in [0.15, 0.2) is 0 Å². The van der Waals surface area contributed by atoms with E-state index in [4.69, 9.17) is 9.63 Å². The number of hydrogen-bond donors (Lipinski definition) is 1. The summed E-state index contributed by atoms with van der Waals surface area (Å²) in [4.78, 5) is 16.2. The summed E-state index contributed by atoms with van der Waals surface area (Å²) in [5.41, 5.74) is 0.775. The van der Waals surface area contributed by atoms with Crippen molar-refractivity contribution >= 4 is 5.91 Å². The zero-order valence-electron chi connectivity index (χ0n) is 10.6. The molecule has 2 heterocycles. The molecule has 0 bridgehead atoms. The lowest BCUT2D eigenvalue weighted by Crippen LogP contribution is -2.36. The molecule has 1 amide bonds. The molecule has 1 aromatic rings. The number of aromatic nitrogens is 1. The second-order valence-corrected chi connectivity index (χ2v) is 4.55. The van der Waals surface area contributed by atoms with Crippen LogP contribution in [0.3, 0.4) is 0 Å². The number of aryl methyl sites for hydroxylation is 1. The smallest absolute Gasteiger partial charge is 0.292 e. The van der Waals surface area contributed by atoms with Gasteiger partial charge in [-0.3, -0.25) is 9.69 Å². The van der Waals surface area contributed by atoms with Gasteiger partial charge in [0.05, 0.1) is 12.8 Å². The van der Waals surface area contributed by atoms with Crippen LogP contribution in [0.2, 0.25) is 0 Å². The number of aliphatic hydroxyl groups excluding tert-OH is 1. The van der Waals surface area contributed by atoms with E-state index in [9.17, 15) is 4.79 Å². The fourth-order valence-corrected chi connectivity index (χ4v) is 2.18. The quantitative estimate of drug-likeness (QED) is 0.828. The maximum atomic E-state index is 12.2. The Hall–Kier alpha value is -1.40. The van der Waals surface area contributed by atoms with Crippen LogP contribution < -0.4 is 0 Å². The van der Waals surface area contributed by atoms with E-state index in [-0.39, 0.29) is 12.5 Å². The number of amides is 1. The van der Waals surface area contributed by atoms with Gasteiger partial charge in [-0.1, -0.05) is 5.16 Å². The lowest BCUT2D eigenvalue weighted by molar-refractivity contribution is 0.0717. The second-order valence-electron chi connectivity index (χ2n) is 4.55. The minimum absolute atomic E-state index is 0.0872. The minimum atomic E-state index is -0.0872. The first-order valence-corrected chi connectivity index (χ1v) is 6.26. The molecule has 6 heteroatoms. The second kappa shape index (κ2) is 5.97. The number of β-amino-alcohol motifs (C(OH)–C–C–N with tert-alkyl or cyclic N) is 1. The third kappa shape index (κ3) is 2.88. The molecule has 0 radical (unpaired) electrons. The van der Waals surface area contributed by atoms with Crippen LogP contribution in [0.4, 0.5) is 0 Å². The van der Waals surface area contributed by atoms with Gasteiger partial charge in [-0.2, -0.15) is 0 Å².